The van der Waals surface area contributed by atoms with Crippen molar-refractivity contribution in [1.29, 1.82) is 0 Å². The quantitative estimate of drug-likeness (QED) is 0.115. The zero-order valence-electron chi connectivity index (χ0n) is 50.2. The van der Waals surface area contributed by atoms with Crippen molar-refractivity contribution in [2.75, 3.05) is 0 Å². The molecule has 4 N–H and O–H groups in total. The number of aryl methyl sites for hydroxylation is 9. The number of thiophene rings is 1. The highest BCUT2D eigenvalue weighted by Crippen LogP contribution is 2.01. The number of hydrogen-bond donors (Lipinski definition) is 4. The summed E-state index contributed by atoms with van der Waals surface area (Å²) in [7, 11) is 0. The van der Waals surface area contributed by atoms with Gasteiger partial charge in [0.1, 0.15) is 12.5 Å². The van der Waals surface area contributed by atoms with E-state index in [0.717, 1.165) is 28.3 Å². The van der Waals surface area contributed by atoms with Gasteiger partial charge in [0, 0.05) is 70.6 Å². The molecule has 0 spiro atoms. The number of thiazole rings is 1. The van der Waals surface area contributed by atoms with Gasteiger partial charge in [-0.25, -0.2) is 14.3 Å². The largest absolute Gasteiger partial charge is 0.452 e. The Labute approximate surface area is 453 Å². The topological polar surface area (TPSA) is 180 Å². The zero-order chi connectivity index (χ0) is 57.7. The van der Waals surface area contributed by atoms with Gasteiger partial charge in [0.25, 0.3) is 0 Å². The molecule has 16 heteroatoms. The minimum atomic E-state index is 0.926. The predicted octanol–water partition coefficient (Wildman–Crippen LogP) is 19.6. The van der Waals surface area contributed by atoms with Crippen LogP contribution in [0.25, 0.3) is 0 Å². The van der Waals surface area contributed by atoms with E-state index in [0.29, 0.717) is 0 Å². The summed E-state index contributed by atoms with van der Waals surface area (Å²) >= 11 is 4.86. The molecule has 9 heterocycles. The molecule has 0 aliphatic carbocycles. The highest BCUT2D eigenvalue weighted by Gasteiger charge is 1.80. The number of hydrogen-bond acceptors (Lipinski definition) is 12. The average molecular weight is 1060 g/mol. The predicted molar refractivity (Wildman–Crippen MR) is 323 cm³/mol. The molecule has 0 fully saturated rings. The van der Waals surface area contributed by atoms with Crippen molar-refractivity contribution in [3.63, 3.8) is 0 Å². The highest BCUT2D eigenvalue weighted by atomic mass is 32.1. The Morgan fingerprint density at radius 1 is 0.500 bits per heavy atom. The standard InChI is InChI=1S/C5H7N.C5H6S.3C4H6N2.2C4H5NO.2C4H5NS.9C2H6/c2*1-5-2-3-6-4-5;1-4-2-5-3-6-4;1-4-2-5-6-3-4;1-4-2-3-5-6-4;1-4-2-6-3-5-4;1-4-2-5-6-3-4;1-4-2-6-3-5-4;1-4-2-5-6-3-4;9*1-2/h2-4,6H,1H3;2-4H,1H3;3*2-3H,1H3,(H,5,6);4*2-3H,1H3;9*1-2H3. The summed E-state index contributed by atoms with van der Waals surface area (Å²) in [6.07, 6.45) is 20.8. The van der Waals surface area contributed by atoms with Gasteiger partial charge in [0.05, 0.1) is 29.9 Å². The minimum absolute atomic E-state index is 0.926. The van der Waals surface area contributed by atoms with Gasteiger partial charge in [-0.2, -0.15) is 21.5 Å². The van der Waals surface area contributed by atoms with E-state index >= 15 is 0 Å². The normalized spacial score (nSPS) is 7.38. The third kappa shape index (κ3) is 78.5. The molecule has 9 aromatic rings. The molecule has 0 saturated carbocycles. The van der Waals surface area contributed by atoms with Crippen LogP contribution in [-0.4, -0.2) is 54.8 Å². The monoisotopic (exact) mass is 1060 g/mol. The van der Waals surface area contributed by atoms with Crippen LogP contribution in [0.3, 0.4) is 0 Å². The van der Waals surface area contributed by atoms with Crippen molar-refractivity contribution in [2.45, 2.75) is 187 Å². The number of rotatable bonds is 0. The molecule has 72 heavy (non-hydrogen) atoms. The van der Waals surface area contributed by atoms with Crippen LogP contribution >= 0.6 is 34.2 Å². The fourth-order valence-electron chi connectivity index (χ4n) is 2.77. The fraction of sp³-hybridized carbons (Fsp3) is 0.482. The summed E-state index contributed by atoms with van der Waals surface area (Å²) in [4.78, 5) is 17.3. The number of oxazole rings is 1. The first kappa shape index (κ1) is 86.1. The van der Waals surface area contributed by atoms with Crippen LogP contribution in [0.2, 0.25) is 0 Å². The van der Waals surface area contributed by atoms with Crippen molar-refractivity contribution in [3.05, 3.63) is 171 Å². The van der Waals surface area contributed by atoms with Gasteiger partial charge in [-0.3, -0.25) is 15.2 Å². The fourth-order valence-corrected chi connectivity index (χ4v) is 4.49. The number of nitrogens with zero attached hydrogens (tertiary/aromatic N) is 7. The molecule has 0 unspecified atom stereocenters. The van der Waals surface area contributed by atoms with Gasteiger partial charge >= 0.3 is 0 Å². The number of aromatic amines is 4. The van der Waals surface area contributed by atoms with Gasteiger partial charge in [0.15, 0.2) is 6.39 Å². The zero-order valence-corrected chi connectivity index (χ0v) is 52.7. The molecule has 0 atom stereocenters. The summed E-state index contributed by atoms with van der Waals surface area (Å²) in [5.41, 5.74) is 12.2. The van der Waals surface area contributed by atoms with Crippen molar-refractivity contribution in [3.8, 4) is 0 Å². The molecule has 13 nitrogen and oxygen atoms in total. The third-order valence-electron chi connectivity index (χ3n) is 5.55. The molecule has 0 aliphatic heterocycles. The van der Waals surface area contributed by atoms with Crippen molar-refractivity contribution < 1.29 is 8.94 Å². The summed E-state index contributed by atoms with van der Waals surface area (Å²) in [6.45, 7) is 53.9. The molecule has 414 valence electrons. The Balaban J connectivity index is -0.0000000852. The van der Waals surface area contributed by atoms with E-state index in [4.69, 9.17) is 0 Å². The Hall–Kier alpha value is -5.71. The molecule has 0 radical (unpaired) electrons. The van der Waals surface area contributed by atoms with Crippen LogP contribution in [0.15, 0.2) is 129 Å². The molecule has 0 aromatic carbocycles. The molecular weight excluding hydrogens is 955 g/mol. The average Bonchev–Trinajstić information content (AvgIpc) is 4.27. The van der Waals surface area contributed by atoms with Crippen LogP contribution in [0, 0.1) is 62.3 Å². The lowest BCUT2D eigenvalue weighted by molar-refractivity contribution is 0.419. The summed E-state index contributed by atoms with van der Waals surface area (Å²) in [5.74, 6) is 0. The Morgan fingerprint density at radius 3 is 1.25 bits per heavy atom. The highest BCUT2D eigenvalue weighted by molar-refractivity contribution is 7.08. The summed E-state index contributed by atoms with van der Waals surface area (Å²) in [5, 5.41) is 24.5. The lowest BCUT2D eigenvalue weighted by Crippen LogP contribution is -1.65. The first-order chi connectivity index (χ1) is 35.0. The molecule has 0 saturated heterocycles. The molecular formula is C56H105N11O2S3. The lowest BCUT2D eigenvalue weighted by Gasteiger charge is -1.68. The molecule has 9 rings (SSSR count). The van der Waals surface area contributed by atoms with E-state index in [1.807, 2.05) is 226 Å². The maximum absolute atomic E-state index is 4.60. The van der Waals surface area contributed by atoms with Crippen molar-refractivity contribution in [2.24, 2.45) is 0 Å². The SMILES string of the molecule is CC.CC.CC.CC.CC.CC.CC.CC.CC.Cc1cc[nH]c1.Cc1ccn[nH]1.Cc1ccsc1.Cc1cn[nH]c1.Cc1cnc[nH]1.Cc1cnoc1.Cc1cnsc1.Cc1cocn1.Cc1cscn1. The Kier molecular flexibility index (Phi) is 98.3. The van der Waals surface area contributed by atoms with Crippen molar-refractivity contribution >= 4 is 34.2 Å². The van der Waals surface area contributed by atoms with E-state index in [1.165, 1.54) is 40.2 Å². The first-order valence-corrected chi connectivity index (χ1v) is 28.1. The van der Waals surface area contributed by atoms with E-state index in [2.05, 4.69) is 94.5 Å². The number of nitrogens with one attached hydrogen (secondary N) is 4. The van der Waals surface area contributed by atoms with Gasteiger partial charge in [-0.1, -0.05) is 130 Å². The second-order valence-corrected chi connectivity index (χ2v) is 13.3. The number of aromatic nitrogens is 11. The van der Waals surface area contributed by atoms with Crippen LogP contribution < -0.4 is 0 Å². The summed E-state index contributed by atoms with van der Waals surface area (Å²) in [6, 6.07) is 6.05. The maximum Gasteiger partial charge on any atom is 0.180 e. The molecule has 0 aliphatic rings. The van der Waals surface area contributed by atoms with E-state index in [1.54, 1.807) is 66.3 Å². The Bertz CT molecular complexity index is 1470. The van der Waals surface area contributed by atoms with Crippen molar-refractivity contribution in [1.82, 2.24) is 54.8 Å². The van der Waals surface area contributed by atoms with Gasteiger partial charge in [0.2, 0.25) is 0 Å². The number of H-pyrrole nitrogens is 4. The summed E-state index contributed by atoms with van der Waals surface area (Å²) < 4.78 is 12.9. The lowest BCUT2D eigenvalue weighted by atomic mass is 10.4. The van der Waals surface area contributed by atoms with E-state index < -0.39 is 0 Å². The van der Waals surface area contributed by atoms with E-state index in [-0.39, 0.29) is 0 Å². The van der Waals surface area contributed by atoms with Crippen LogP contribution in [0.4, 0.5) is 0 Å². The van der Waals surface area contributed by atoms with Crippen LogP contribution in [0.1, 0.15) is 175 Å². The molecule has 0 bridgehead atoms. The maximum atomic E-state index is 4.60. The van der Waals surface area contributed by atoms with Gasteiger partial charge in [-0.05, 0) is 125 Å². The van der Waals surface area contributed by atoms with Gasteiger partial charge in [-0.15, -0.1) is 11.3 Å². The second-order valence-electron chi connectivity index (χ2n) is 11.1. The van der Waals surface area contributed by atoms with E-state index in [9.17, 15) is 0 Å². The second kappa shape index (κ2) is 82.2. The van der Waals surface area contributed by atoms with Crippen LogP contribution in [-0.2, 0) is 0 Å². The minimum Gasteiger partial charge on any atom is -0.452 e. The third-order valence-corrected chi connectivity index (χ3v) is 7.76. The van der Waals surface area contributed by atoms with Gasteiger partial charge < -0.3 is 18.9 Å². The number of imidazole rings is 1. The van der Waals surface area contributed by atoms with Crippen LogP contribution in [0.5, 0.6) is 0 Å². The molecule has 9 aromatic heterocycles. The molecule has 0 amide bonds. The smallest absolute Gasteiger partial charge is 0.180 e. The first-order valence-electron chi connectivity index (χ1n) is 25.4. The Morgan fingerprint density at radius 2 is 1.12 bits per heavy atom.